The molecule has 0 spiro atoms. The van der Waals surface area contributed by atoms with Crippen LogP contribution in [0.5, 0.6) is 0 Å². The maximum absolute atomic E-state index is 13.7. The molecule has 0 aromatic heterocycles. The van der Waals surface area contributed by atoms with E-state index in [-0.39, 0.29) is 23.0 Å². The lowest BCUT2D eigenvalue weighted by Crippen LogP contribution is -2.43. The molecule has 2 unspecified atom stereocenters. The number of hydrogen-bond acceptors (Lipinski definition) is 2. The number of halogens is 3. The lowest BCUT2D eigenvalue weighted by atomic mass is 9.85. The molecule has 110 valence electrons. The Morgan fingerprint density at radius 3 is 2.50 bits per heavy atom. The normalized spacial score (nSPS) is 22.6. The van der Waals surface area contributed by atoms with Crippen LogP contribution < -0.4 is 5.32 Å². The molecule has 0 heterocycles. The maximum atomic E-state index is 13.7. The van der Waals surface area contributed by atoms with Crippen LogP contribution in [0, 0.1) is 17.6 Å². The van der Waals surface area contributed by atoms with Crippen LogP contribution in [0.2, 0.25) is 0 Å². The number of rotatable bonds is 3. The summed E-state index contributed by atoms with van der Waals surface area (Å²) in [6, 6.07) is 1.88. The molecular formula is C14H16BrF2NO2. The molecule has 1 aliphatic rings. The standard InChI is InChI=1S/C14H16BrF2NO2/c15-9-5-10(16)13(11(17)6-9)14(20)18-12-4-2-1-3-8(12)7-19/h5-6,8,12,19H,1-4,7H2,(H,18,20). The summed E-state index contributed by atoms with van der Waals surface area (Å²) in [5.41, 5.74) is -0.574. The first-order valence-electron chi connectivity index (χ1n) is 6.59. The van der Waals surface area contributed by atoms with Gasteiger partial charge in [-0.1, -0.05) is 28.8 Å². The van der Waals surface area contributed by atoms with Gasteiger partial charge in [0.2, 0.25) is 0 Å². The number of hydrogen-bond donors (Lipinski definition) is 2. The van der Waals surface area contributed by atoms with Crippen LogP contribution in [-0.2, 0) is 0 Å². The Bertz CT molecular complexity index is 487. The highest BCUT2D eigenvalue weighted by Crippen LogP contribution is 2.25. The molecule has 1 amide bonds. The zero-order valence-electron chi connectivity index (χ0n) is 10.8. The van der Waals surface area contributed by atoms with E-state index in [1.54, 1.807) is 0 Å². The largest absolute Gasteiger partial charge is 0.396 e. The second-order valence-electron chi connectivity index (χ2n) is 5.05. The Kier molecular flexibility index (Phi) is 5.10. The first-order chi connectivity index (χ1) is 9.52. The molecule has 6 heteroatoms. The number of carbonyl (C=O) groups is 1. The Labute approximate surface area is 124 Å². The van der Waals surface area contributed by atoms with Gasteiger partial charge in [-0.3, -0.25) is 4.79 Å². The van der Waals surface area contributed by atoms with Crippen LogP contribution in [0.3, 0.4) is 0 Å². The van der Waals surface area contributed by atoms with Crippen LogP contribution in [0.4, 0.5) is 8.78 Å². The number of carbonyl (C=O) groups excluding carboxylic acids is 1. The zero-order chi connectivity index (χ0) is 14.7. The molecule has 1 aromatic rings. The van der Waals surface area contributed by atoms with Gasteiger partial charge in [-0.15, -0.1) is 0 Å². The van der Waals surface area contributed by atoms with Crippen LogP contribution >= 0.6 is 15.9 Å². The van der Waals surface area contributed by atoms with Crippen molar-refractivity contribution in [2.24, 2.45) is 5.92 Å². The van der Waals surface area contributed by atoms with Crippen molar-refractivity contribution >= 4 is 21.8 Å². The van der Waals surface area contributed by atoms with Crippen molar-refractivity contribution in [3.63, 3.8) is 0 Å². The van der Waals surface area contributed by atoms with Crippen molar-refractivity contribution in [3.05, 3.63) is 33.8 Å². The summed E-state index contributed by atoms with van der Waals surface area (Å²) >= 11 is 2.97. The van der Waals surface area contributed by atoms with Crippen LogP contribution in [-0.4, -0.2) is 23.7 Å². The summed E-state index contributed by atoms with van der Waals surface area (Å²) in [7, 11) is 0. The Balaban J connectivity index is 2.16. The number of amides is 1. The molecule has 2 rings (SSSR count). The third-order valence-electron chi connectivity index (χ3n) is 3.69. The first kappa shape index (κ1) is 15.4. The summed E-state index contributed by atoms with van der Waals surface area (Å²) in [4.78, 5) is 12.0. The average Bonchev–Trinajstić information content (AvgIpc) is 2.38. The molecule has 2 atom stereocenters. The SMILES string of the molecule is O=C(NC1CCCCC1CO)c1c(F)cc(Br)cc1F. The quantitative estimate of drug-likeness (QED) is 0.882. The van der Waals surface area contributed by atoms with E-state index in [0.717, 1.165) is 37.8 Å². The van der Waals surface area contributed by atoms with E-state index in [0.29, 0.717) is 0 Å². The highest BCUT2D eigenvalue weighted by atomic mass is 79.9. The number of aliphatic hydroxyl groups is 1. The van der Waals surface area contributed by atoms with Gasteiger partial charge in [-0.05, 0) is 25.0 Å². The van der Waals surface area contributed by atoms with E-state index in [1.807, 2.05) is 0 Å². The highest BCUT2D eigenvalue weighted by molar-refractivity contribution is 9.10. The van der Waals surface area contributed by atoms with Gasteiger partial charge >= 0.3 is 0 Å². The molecule has 2 N–H and O–H groups in total. The van der Waals surface area contributed by atoms with Gasteiger partial charge in [0.1, 0.15) is 17.2 Å². The van der Waals surface area contributed by atoms with E-state index >= 15 is 0 Å². The van der Waals surface area contributed by atoms with Crippen molar-refractivity contribution in [1.29, 1.82) is 0 Å². The maximum Gasteiger partial charge on any atom is 0.257 e. The Morgan fingerprint density at radius 2 is 1.90 bits per heavy atom. The van der Waals surface area contributed by atoms with Crippen molar-refractivity contribution in [2.45, 2.75) is 31.7 Å². The van der Waals surface area contributed by atoms with Crippen molar-refractivity contribution in [3.8, 4) is 0 Å². The fourth-order valence-electron chi connectivity index (χ4n) is 2.62. The van der Waals surface area contributed by atoms with Gasteiger partial charge in [0.25, 0.3) is 5.91 Å². The van der Waals surface area contributed by atoms with Gasteiger partial charge in [-0.25, -0.2) is 8.78 Å². The summed E-state index contributed by atoms with van der Waals surface area (Å²) in [6.45, 7) is -0.0315. The predicted molar refractivity (Wildman–Crippen MR) is 74.4 cm³/mol. The van der Waals surface area contributed by atoms with Gasteiger partial charge in [-0.2, -0.15) is 0 Å². The number of aliphatic hydroxyl groups excluding tert-OH is 1. The zero-order valence-corrected chi connectivity index (χ0v) is 12.4. The molecular weight excluding hydrogens is 332 g/mol. The van der Waals surface area contributed by atoms with E-state index < -0.39 is 23.1 Å². The monoisotopic (exact) mass is 347 g/mol. The average molecular weight is 348 g/mol. The first-order valence-corrected chi connectivity index (χ1v) is 7.38. The Hall–Kier alpha value is -1.01. The molecule has 1 fully saturated rings. The lowest BCUT2D eigenvalue weighted by Gasteiger charge is -2.30. The summed E-state index contributed by atoms with van der Waals surface area (Å²) in [5.74, 6) is -2.61. The Morgan fingerprint density at radius 1 is 1.30 bits per heavy atom. The van der Waals surface area contributed by atoms with Crippen LogP contribution in [0.15, 0.2) is 16.6 Å². The minimum absolute atomic E-state index is 0.0315. The number of nitrogens with one attached hydrogen (secondary N) is 1. The molecule has 3 nitrogen and oxygen atoms in total. The van der Waals surface area contributed by atoms with Crippen LogP contribution in [0.1, 0.15) is 36.0 Å². The van der Waals surface area contributed by atoms with Crippen molar-refractivity contribution in [1.82, 2.24) is 5.32 Å². The van der Waals surface area contributed by atoms with Crippen molar-refractivity contribution < 1.29 is 18.7 Å². The molecule has 0 saturated heterocycles. The topological polar surface area (TPSA) is 49.3 Å². The second kappa shape index (κ2) is 6.63. The minimum atomic E-state index is -0.897. The van der Waals surface area contributed by atoms with Gasteiger partial charge < -0.3 is 10.4 Å². The number of benzene rings is 1. The molecule has 1 aliphatic carbocycles. The second-order valence-corrected chi connectivity index (χ2v) is 5.97. The summed E-state index contributed by atoms with van der Waals surface area (Å²) in [6.07, 6.45) is 3.47. The van der Waals surface area contributed by atoms with E-state index in [2.05, 4.69) is 21.2 Å². The van der Waals surface area contributed by atoms with E-state index in [1.165, 1.54) is 0 Å². The molecule has 0 radical (unpaired) electrons. The van der Waals surface area contributed by atoms with E-state index in [4.69, 9.17) is 0 Å². The fraction of sp³-hybridized carbons (Fsp3) is 0.500. The van der Waals surface area contributed by atoms with Gasteiger partial charge in [0.15, 0.2) is 0 Å². The molecule has 1 aromatic carbocycles. The van der Waals surface area contributed by atoms with Gasteiger partial charge in [0.05, 0.1) is 0 Å². The van der Waals surface area contributed by atoms with E-state index in [9.17, 15) is 18.7 Å². The van der Waals surface area contributed by atoms with Crippen molar-refractivity contribution in [2.75, 3.05) is 6.61 Å². The summed E-state index contributed by atoms with van der Waals surface area (Å²) in [5, 5.41) is 11.9. The van der Waals surface area contributed by atoms with Gasteiger partial charge in [0, 0.05) is 23.0 Å². The molecule has 1 saturated carbocycles. The third kappa shape index (κ3) is 3.35. The molecule has 0 aliphatic heterocycles. The fourth-order valence-corrected chi connectivity index (χ4v) is 3.02. The smallest absolute Gasteiger partial charge is 0.257 e. The highest BCUT2D eigenvalue weighted by Gasteiger charge is 2.28. The summed E-state index contributed by atoms with van der Waals surface area (Å²) < 4.78 is 27.7. The van der Waals surface area contributed by atoms with Crippen LogP contribution in [0.25, 0.3) is 0 Å². The minimum Gasteiger partial charge on any atom is -0.396 e. The third-order valence-corrected chi connectivity index (χ3v) is 4.15. The lowest BCUT2D eigenvalue weighted by molar-refractivity contribution is 0.0864. The molecule has 20 heavy (non-hydrogen) atoms. The predicted octanol–water partition coefficient (Wildman–Crippen LogP) is 3.01. The molecule has 0 bridgehead atoms.